The standard InChI is InChI=1S/C9H9Br2NO4/c10-4-6(13)5-16-9-7(11)2-1-3-8(9)12(14)15/h1-3,6,13H,4-5H2. The van der Waals surface area contributed by atoms with Gasteiger partial charge in [-0.2, -0.15) is 0 Å². The zero-order chi connectivity index (χ0) is 12.1. The van der Waals surface area contributed by atoms with Crippen molar-refractivity contribution in [2.75, 3.05) is 11.9 Å². The number of hydrogen-bond acceptors (Lipinski definition) is 4. The lowest BCUT2D eigenvalue weighted by Crippen LogP contribution is -2.19. The van der Waals surface area contributed by atoms with E-state index in [4.69, 9.17) is 4.74 Å². The number of rotatable bonds is 5. The van der Waals surface area contributed by atoms with Gasteiger partial charge in [0.1, 0.15) is 6.61 Å². The molecule has 0 aliphatic heterocycles. The van der Waals surface area contributed by atoms with Crippen LogP contribution in [0.4, 0.5) is 5.69 Å². The molecule has 5 nitrogen and oxygen atoms in total. The van der Waals surface area contributed by atoms with Gasteiger partial charge in [-0.3, -0.25) is 10.1 Å². The van der Waals surface area contributed by atoms with Crippen LogP contribution in [-0.2, 0) is 0 Å². The third kappa shape index (κ3) is 3.43. The van der Waals surface area contributed by atoms with E-state index >= 15 is 0 Å². The molecule has 0 fully saturated rings. The molecular weight excluding hydrogens is 346 g/mol. The van der Waals surface area contributed by atoms with Crippen molar-refractivity contribution in [3.63, 3.8) is 0 Å². The highest BCUT2D eigenvalue weighted by Gasteiger charge is 2.18. The average Bonchev–Trinajstić information content (AvgIpc) is 2.26. The van der Waals surface area contributed by atoms with Gasteiger partial charge in [-0.05, 0) is 22.0 Å². The Morgan fingerprint density at radius 3 is 2.81 bits per heavy atom. The zero-order valence-electron chi connectivity index (χ0n) is 8.10. The minimum absolute atomic E-state index is 0.00525. The molecule has 1 aromatic rings. The van der Waals surface area contributed by atoms with Crippen LogP contribution >= 0.6 is 31.9 Å². The molecule has 1 N–H and O–H groups in total. The quantitative estimate of drug-likeness (QED) is 0.501. The number of aliphatic hydroxyl groups is 1. The fourth-order valence-corrected chi connectivity index (χ4v) is 1.67. The topological polar surface area (TPSA) is 72.6 Å². The molecule has 0 amide bonds. The largest absolute Gasteiger partial charge is 0.483 e. The molecule has 0 bridgehead atoms. The summed E-state index contributed by atoms with van der Waals surface area (Å²) in [6.07, 6.45) is -0.702. The van der Waals surface area contributed by atoms with Gasteiger partial charge >= 0.3 is 5.69 Å². The van der Waals surface area contributed by atoms with Gasteiger partial charge < -0.3 is 9.84 Å². The van der Waals surface area contributed by atoms with Crippen LogP contribution in [0, 0.1) is 10.1 Å². The van der Waals surface area contributed by atoms with Crippen molar-refractivity contribution in [1.29, 1.82) is 0 Å². The number of nitro groups is 1. The Morgan fingerprint density at radius 2 is 2.25 bits per heavy atom. The molecule has 0 radical (unpaired) electrons. The van der Waals surface area contributed by atoms with E-state index in [1.54, 1.807) is 12.1 Å². The molecule has 0 spiro atoms. The van der Waals surface area contributed by atoms with Gasteiger partial charge in [0.2, 0.25) is 5.75 Å². The van der Waals surface area contributed by atoms with E-state index in [2.05, 4.69) is 31.9 Å². The second kappa shape index (κ2) is 6.17. The Bertz CT molecular complexity index is 386. The molecule has 0 saturated carbocycles. The lowest BCUT2D eigenvalue weighted by Gasteiger charge is -2.11. The minimum atomic E-state index is -0.702. The Hall–Kier alpha value is -0.660. The third-order valence-electron chi connectivity index (χ3n) is 1.74. The lowest BCUT2D eigenvalue weighted by molar-refractivity contribution is -0.386. The SMILES string of the molecule is O=[N+]([O-])c1cccc(Br)c1OCC(O)CBr. The zero-order valence-corrected chi connectivity index (χ0v) is 11.3. The van der Waals surface area contributed by atoms with Crippen molar-refractivity contribution in [1.82, 2.24) is 0 Å². The molecule has 88 valence electrons. The second-order valence-corrected chi connectivity index (χ2v) is 4.47. The first-order valence-electron chi connectivity index (χ1n) is 4.36. The highest BCUT2D eigenvalue weighted by molar-refractivity contribution is 9.10. The summed E-state index contributed by atoms with van der Waals surface area (Å²) >= 11 is 6.24. The number of halogens is 2. The molecule has 1 aromatic carbocycles. The first kappa shape index (κ1) is 13.4. The number of nitro benzene ring substituents is 1. The summed E-state index contributed by atoms with van der Waals surface area (Å²) in [6.45, 7) is -0.00525. The second-order valence-electron chi connectivity index (χ2n) is 2.96. The number of nitrogens with zero attached hydrogens (tertiary/aromatic N) is 1. The van der Waals surface area contributed by atoms with Crippen molar-refractivity contribution >= 4 is 37.5 Å². The van der Waals surface area contributed by atoms with Crippen LogP contribution in [0.1, 0.15) is 0 Å². The average molecular weight is 355 g/mol. The van der Waals surface area contributed by atoms with Gasteiger partial charge in [0.15, 0.2) is 0 Å². The molecular formula is C9H9Br2NO4. The molecule has 7 heteroatoms. The maximum Gasteiger partial charge on any atom is 0.312 e. The van der Waals surface area contributed by atoms with Crippen LogP contribution in [0.3, 0.4) is 0 Å². The van der Waals surface area contributed by atoms with Gasteiger partial charge in [0, 0.05) is 11.4 Å². The summed E-state index contributed by atoms with van der Waals surface area (Å²) in [5.41, 5.74) is -0.129. The number of aliphatic hydroxyl groups excluding tert-OH is 1. The maximum absolute atomic E-state index is 10.7. The number of alkyl halides is 1. The molecule has 1 unspecified atom stereocenters. The molecule has 0 aliphatic rings. The maximum atomic E-state index is 10.7. The predicted molar refractivity (Wildman–Crippen MR) is 66.1 cm³/mol. The van der Waals surface area contributed by atoms with Gasteiger partial charge in [0.05, 0.1) is 15.5 Å². The van der Waals surface area contributed by atoms with Gasteiger partial charge in [-0.25, -0.2) is 0 Å². The predicted octanol–water partition coefficient (Wildman–Crippen LogP) is 2.49. The van der Waals surface area contributed by atoms with E-state index in [1.165, 1.54) is 6.07 Å². The summed E-state index contributed by atoms with van der Waals surface area (Å²) < 4.78 is 5.70. The van der Waals surface area contributed by atoms with Crippen molar-refractivity contribution in [3.8, 4) is 5.75 Å². The fourth-order valence-electron chi connectivity index (χ4n) is 1.01. The summed E-state index contributed by atoms with van der Waals surface area (Å²) in [5.74, 6) is 0.132. The monoisotopic (exact) mass is 353 g/mol. The number of hydrogen-bond donors (Lipinski definition) is 1. The minimum Gasteiger partial charge on any atom is -0.483 e. The summed E-state index contributed by atoms with van der Waals surface area (Å²) in [4.78, 5) is 10.2. The van der Waals surface area contributed by atoms with Crippen LogP contribution < -0.4 is 4.74 Å². The van der Waals surface area contributed by atoms with Crippen LogP contribution in [0.5, 0.6) is 5.75 Å². The van der Waals surface area contributed by atoms with Crippen LogP contribution in [-0.4, -0.2) is 28.1 Å². The van der Waals surface area contributed by atoms with Crippen LogP contribution in [0.15, 0.2) is 22.7 Å². The van der Waals surface area contributed by atoms with Crippen molar-refractivity contribution in [3.05, 3.63) is 32.8 Å². The highest BCUT2D eigenvalue weighted by atomic mass is 79.9. The summed E-state index contributed by atoms with van der Waals surface area (Å²) in [5, 5.41) is 20.4. The normalized spacial score (nSPS) is 12.2. The highest BCUT2D eigenvalue weighted by Crippen LogP contribution is 2.34. The summed E-state index contributed by atoms with van der Waals surface area (Å²) in [6, 6.07) is 4.54. The first-order valence-corrected chi connectivity index (χ1v) is 6.27. The molecule has 16 heavy (non-hydrogen) atoms. The number of para-hydroxylation sites is 1. The number of ether oxygens (including phenoxy) is 1. The summed E-state index contributed by atoms with van der Waals surface area (Å²) in [7, 11) is 0. The van der Waals surface area contributed by atoms with E-state index in [1.807, 2.05) is 0 Å². The Balaban J connectivity index is 2.88. The molecule has 0 heterocycles. The van der Waals surface area contributed by atoms with E-state index < -0.39 is 11.0 Å². The van der Waals surface area contributed by atoms with Crippen molar-refractivity contribution < 1.29 is 14.8 Å². The van der Waals surface area contributed by atoms with E-state index in [0.29, 0.717) is 9.80 Å². The fraction of sp³-hybridized carbons (Fsp3) is 0.333. The number of benzene rings is 1. The van der Waals surface area contributed by atoms with Crippen molar-refractivity contribution in [2.24, 2.45) is 0 Å². The molecule has 1 rings (SSSR count). The van der Waals surface area contributed by atoms with Crippen LogP contribution in [0.25, 0.3) is 0 Å². The van der Waals surface area contributed by atoms with Crippen LogP contribution in [0.2, 0.25) is 0 Å². The lowest BCUT2D eigenvalue weighted by atomic mass is 10.3. The van der Waals surface area contributed by atoms with Gasteiger partial charge in [0.25, 0.3) is 0 Å². The molecule has 0 saturated heterocycles. The molecule has 1 atom stereocenters. The Labute approximate surface area is 109 Å². The van der Waals surface area contributed by atoms with Gasteiger partial charge in [-0.15, -0.1) is 0 Å². The molecule has 0 aliphatic carbocycles. The van der Waals surface area contributed by atoms with Crippen molar-refractivity contribution in [2.45, 2.75) is 6.10 Å². The van der Waals surface area contributed by atoms with E-state index in [9.17, 15) is 15.2 Å². The van der Waals surface area contributed by atoms with E-state index in [0.717, 1.165) is 0 Å². The Kier molecular flexibility index (Phi) is 5.17. The van der Waals surface area contributed by atoms with E-state index in [-0.39, 0.29) is 18.0 Å². The smallest absolute Gasteiger partial charge is 0.312 e. The molecule has 0 aromatic heterocycles. The Morgan fingerprint density at radius 1 is 1.56 bits per heavy atom. The third-order valence-corrected chi connectivity index (χ3v) is 3.11. The first-order chi connectivity index (χ1) is 7.56. The van der Waals surface area contributed by atoms with Gasteiger partial charge in [-0.1, -0.05) is 22.0 Å².